The number of methoxy groups -OCH3 is 1. The van der Waals surface area contributed by atoms with E-state index in [0.29, 0.717) is 37.0 Å². The number of hydrogen-bond donors (Lipinski definition) is 1. The third kappa shape index (κ3) is 3.62. The molecule has 0 radical (unpaired) electrons. The predicted molar refractivity (Wildman–Crippen MR) is 90.6 cm³/mol. The number of rotatable bonds is 5. The molecular weight excluding hydrogens is 308 g/mol. The number of nitrogens with one attached hydrogen (secondary N) is 1. The van der Waals surface area contributed by atoms with Gasteiger partial charge >= 0.3 is 0 Å². The van der Waals surface area contributed by atoms with Crippen molar-refractivity contribution in [2.75, 3.05) is 43.6 Å². The first-order chi connectivity index (χ1) is 11.8. The molecule has 0 fully saturated rings. The van der Waals surface area contributed by atoms with Crippen LogP contribution in [0, 0.1) is 0 Å². The maximum Gasteiger partial charge on any atom is 0.261 e. The van der Waals surface area contributed by atoms with Crippen LogP contribution < -0.4 is 15.0 Å². The van der Waals surface area contributed by atoms with Gasteiger partial charge in [-0.1, -0.05) is 0 Å². The number of hydrogen-bond acceptors (Lipinski definition) is 6. The van der Waals surface area contributed by atoms with Crippen LogP contribution >= 0.6 is 0 Å². The van der Waals surface area contributed by atoms with Crippen LogP contribution in [0.15, 0.2) is 36.7 Å². The van der Waals surface area contributed by atoms with Crippen molar-refractivity contribution >= 4 is 17.4 Å². The normalized spacial score (nSPS) is 13.6. The minimum Gasteiger partial charge on any atom is -0.475 e. The summed E-state index contributed by atoms with van der Waals surface area (Å²) in [5.74, 6) is 1.01. The average Bonchev–Trinajstić information content (AvgIpc) is 2.84. The van der Waals surface area contributed by atoms with Gasteiger partial charge in [-0.25, -0.2) is 9.97 Å². The van der Waals surface area contributed by atoms with Gasteiger partial charge in [0.05, 0.1) is 17.9 Å². The lowest BCUT2D eigenvalue weighted by atomic mass is 10.2. The summed E-state index contributed by atoms with van der Waals surface area (Å²) in [6.07, 6.45) is 4.08. The second-order valence-corrected chi connectivity index (χ2v) is 5.34. The van der Waals surface area contributed by atoms with E-state index in [1.54, 1.807) is 30.3 Å². The van der Waals surface area contributed by atoms with Crippen molar-refractivity contribution in [3.63, 3.8) is 0 Å². The van der Waals surface area contributed by atoms with Gasteiger partial charge in [0.1, 0.15) is 6.61 Å². The molecule has 3 rings (SSSR count). The lowest BCUT2D eigenvalue weighted by Crippen LogP contribution is -2.32. The molecule has 7 nitrogen and oxygen atoms in total. The molecule has 3 heterocycles. The molecule has 1 N–H and O–H groups in total. The standard InChI is InChI=1S/C17H20N4O3/c1-23-10-11-24-15-6-5-13(12-20-15)17(22)21-9-3-8-18-14-4-2-7-19-16(14)21/h2,4-7,12,18H,3,8-11H2,1H3. The van der Waals surface area contributed by atoms with Gasteiger partial charge in [-0.05, 0) is 24.6 Å². The summed E-state index contributed by atoms with van der Waals surface area (Å²) < 4.78 is 10.3. The number of nitrogens with zero attached hydrogens (tertiary/aromatic N) is 3. The first-order valence-corrected chi connectivity index (χ1v) is 7.88. The Kier molecular flexibility index (Phi) is 5.22. The minimum atomic E-state index is -0.116. The quantitative estimate of drug-likeness (QED) is 0.846. The van der Waals surface area contributed by atoms with Crippen molar-refractivity contribution in [2.24, 2.45) is 0 Å². The molecule has 0 saturated heterocycles. The van der Waals surface area contributed by atoms with Gasteiger partial charge in [0.2, 0.25) is 5.88 Å². The van der Waals surface area contributed by atoms with E-state index in [4.69, 9.17) is 9.47 Å². The molecule has 0 aliphatic carbocycles. The molecule has 2 aromatic rings. The Morgan fingerprint density at radius 2 is 2.21 bits per heavy atom. The van der Waals surface area contributed by atoms with Crippen molar-refractivity contribution in [1.82, 2.24) is 9.97 Å². The Bertz CT molecular complexity index is 690. The fourth-order valence-corrected chi connectivity index (χ4v) is 2.49. The van der Waals surface area contributed by atoms with E-state index >= 15 is 0 Å². The maximum atomic E-state index is 12.8. The highest BCUT2D eigenvalue weighted by atomic mass is 16.5. The van der Waals surface area contributed by atoms with Crippen LogP contribution in [0.4, 0.5) is 11.5 Å². The summed E-state index contributed by atoms with van der Waals surface area (Å²) in [6.45, 7) is 2.34. The number of anilines is 2. The van der Waals surface area contributed by atoms with Crippen LogP contribution in [-0.2, 0) is 4.74 Å². The summed E-state index contributed by atoms with van der Waals surface area (Å²) in [7, 11) is 1.61. The lowest BCUT2D eigenvalue weighted by Gasteiger charge is -2.21. The Balaban J connectivity index is 1.76. The van der Waals surface area contributed by atoms with Gasteiger partial charge < -0.3 is 14.8 Å². The Morgan fingerprint density at radius 1 is 1.29 bits per heavy atom. The molecular formula is C17H20N4O3. The minimum absolute atomic E-state index is 0.116. The summed E-state index contributed by atoms with van der Waals surface area (Å²) in [4.78, 5) is 23.1. The maximum absolute atomic E-state index is 12.8. The smallest absolute Gasteiger partial charge is 0.261 e. The van der Waals surface area contributed by atoms with Gasteiger partial charge in [0, 0.05) is 38.7 Å². The first-order valence-electron chi connectivity index (χ1n) is 7.88. The molecule has 0 aromatic carbocycles. The van der Waals surface area contributed by atoms with Crippen molar-refractivity contribution in [3.05, 3.63) is 42.2 Å². The molecule has 1 aliphatic rings. The topological polar surface area (TPSA) is 76.6 Å². The molecule has 2 aromatic heterocycles. The number of carbonyl (C=O) groups excluding carboxylic acids is 1. The number of amides is 1. The molecule has 0 saturated carbocycles. The van der Waals surface area contributed by atoms with E-state index in [2.05, 4.69) is 15.3 Å². The number of fused-ring (bicyclic) bond motifs is 1. The third-order valence-electron chi connectivity index (χ3n) is 3.68. The van der Waals surface area contributed by atoms with E-state index in [0.717, 1.165) is 18.7 Å². The molecule has 0 bridgehead atoms. The highest BCUT2D eigenvalue weighted by molar-refractivity contribution is 6.07. The van der Waals surface area contributed by atoms with Crippen LogP contribution in [-0.4, -0.2) is 49.3 Å². The van der Waals surface area contributed by atoms with Crippen LogP contribution in [0.5, 0.6) is 5.88 Å². The van der Waals surface area contributed by atoms with Gasteiger partial charge in [0.25, 0.3) is 5.91 Å². The number of pyridine rings is 2. The van der Waals surface area contributed by atoms with Crippen LogP contribution in [0.25, 0.3) is 0 Å². The highest BCUT2D eigenvalue weighted by Crippen LogP contribution is 2.26. The summed E-state index contributed by atoms with van der Waals surface area (Å²) in [5.41, 5.74) is 1.38. The number of carbonyl (C=O) groups is 1. The second kappa shape index (κ2) is 7.74. The zero-order valence-corrected chi connectivity index (χ0v) is 13.6. The zero-order chi connectivity index (χ0) is 16.8. The zero-order valence-electron chi connectivity index (χ0n) is 13.6. The van der Waals surface area contributed by atoms with Crippen molar-refractivity contribution in [2.45, 2.75) is 6.42 Å². The van der Waals surface area contributed by atoms with Crippen molar-refractivity contribution in [1.29, 1.82) is 0 Å². The van der Waals surface area contributed by atoms with E-state index in [9.17, 15) is 4.79 Å². The van der Waals surface area contributed by atoms with Crippen LogP contribution in [0.1, 0.15) is 16.8 Å². The van der Waals surface area contributed by atoms with Crippen molar-refractivity contribution < 1.29 is 14.3 Å². The van der Waals surface area contributed by atoms with Gasteiger partial charge in [0.15, 0.2) is 5.82 Å². The lowest BCUT2D eigenvalue weighted by molar-refractivity contribution is 0.0986. The van der Waals surface area contributed by atoms with Gasteiger partial charge in [-0.2, -0.15) is 0 Å². The predicted octanol–water partition coefficient (Wildman–Crippen LogP) is 1.96. The van der Waals surface area contributed by atoms with Crippen LogP contribution in [0.3, 0.4) is 0 Å². The summed E-state index contributed by atoms with van der Waals surface area (Å²) in [6, 6.07) is 7.20. The molecule has 24 heavy (non-hydrogen) atoms. The monoisotopic (exact) mass is 328 g/mol. The van der Waals surface area contributed by atoms with Crippen molar-refractivity contribution in [3.8, 4) is 5.88 Å². The van der Waals surface area contributed by atoms with E-state index in [-0.39, 0.29) is 5.91 Å². The summed E-state index contributed by atoms with van der Waals surface area (Å²) in [5, 5.41) is 3.30. The number of aromatic nitrogens is 2. The SMILES string of the molecule is COCCOc1ccc(C(=O)N2CCCNc3cccnc32)cn1. The van der Waals surface area contributed by atoms with Crippen LogP contribution in [0.2, 0.25) is 0 Å². The van der Waals surface area contributed by atoms with Gasteiger partial charge in [-0.3, -0.25) is 9.69 Å². The average molecular weight is 328 g/mol. The molecule has 7 heteroatoms. The molecule has 0 atom stereocenters. The molecule has 1 aliphatic heterocycles. The van der Waals surface area contributed by atoms with E-state index < -0.39 is 0 Å². The summed E-state index contributed by atoms with van der Waals surface area (Å²) >= 11 is 0. The molecule has 0 unspecified atom stereocenters. The van der Waals surface area contributed by atoms with E-state index in [1.807, 2.05) is 12.1 Å². The Morgan fingerprint density at radius 3 is 3.00 bits per heavy atom. The van der Waals surface area contributed by atoms with E-state index in [1.165, 1.54) is 6.20 Å². The fraction of sp³-hybridized carbons (Fsp3) is 0.353. The highest BCUT2D eigenvalue weighted by Gasteiger charge is 2.23. The second-order valence-electron chi connectivity index (χ2n) is 5.34. The Hall–Kier alpha value is -2.67. The first kappa shape index (κ1) is 16.2. The molecule has 1 amide bonds. The fourth-order valence-electron chi connectivity index (χ4n) is 2.49. The largest absolute Gasteiger partial charge is 0.475 e. The number of ether oxygens (including phenoxy) is 2. The molecule has 0 spiro atoms. The third-order valence-corrected chi connectivity index (χ3v) is 3.68. The Labute approximate surface area is 140 Å². The van der Waals surface area contributed by atoms with Gasteiger partial charge in [-0.15, -0.1) is 0 Å². The molecule has 126 valence electrons.